The Kier molecular flexibility index (Phi) is 13.4. The van der Waals surface area contributed by atoms with Crippen LogP contribution in [0.5, 0.6) is 0 Å². The van der Waals surface area contributed by atoms with Gasteiger partial charge in [0.15, 0.2) is 11.3 Å². The van der Waals surface area contributed by atoms with E-state index in [2.05, 4.69) is 28.9 Å². The van der Waals surface area contributed by atoms with Gasteiger partial charge in [-0.25, -0.2) is 28.6 Å². The molecule has 1 N–H and O–H groups in total. The molecule has 0 radical (unpaired) electrons. The molecule has 4 atom stereocenters. The van der Waals surface area contributed by atoms with E-state index in [4.69, 9.17) is 26.2 Å². The summed E-state index contributed by atoms with van der Waals surface area (Å²) in [6.45, 7) is 13.5. The number of benzene rings is 2. The molecule has 4 unspecified atom stereocenters. The van der Waals surface area contributed by atoms with E-state index < -0.39 is 0 Å². The molecule has 4 aromatic heterocycles. The number of fused-ring (bicyclic) bond motifs is 2. The van der Waals surface area contributed by atoms with Gasteiger partial charge >= 0.3 is 12.2 Å². The Hall–Kier alpha value is -5.69. The average Bonchev–Trinajstić information content (AvgIpc) is 3.85. The van der Waals surface area contributed by atoms with Crippen molar-refractivity contribution in [1.82, 2.24) is 39.0 Å². The Morgan fingerprint density at radius 2 is 1.25 bits per heavy atom. The van der Waals surface area contributed by atoms with Gasteiger partial charge in [-0.3, -0.25) is 19.7 Å². The van der Waals surface area contributed by atoms with E-state index in [1.165, 1.54) is 4.52 Å². The van der Waals surface area contributed by atoms with Crippen molar-refractivity contribution in [2.45, 2.75) is 99.9 Å². The zero-order chi connectivity index (χ0) is 41.1. The lowest BCUT2D eigenvalue weighted by atomic mass is 9.89. The number of rotatable bonds is 6. The van der Waals surface area contributed by atoms with Crippen LogP contribution in [0, 0.1) is 39.5 Å². The minimum absolute atomic E-state index is 0. The van der Waals surface area contributed by atoms with E-state index in [0.717, 1.165) is 65.1 Å². The molecule has 6 aromatic rings. The van der Waals surface area contributed by atoms with Gasteiger partial charge in [0.25, 0.3) is 5.56 Å². The molecule has 0 saturated carbocycles. The molecule has 0 bridgehead atoms. The third-order valence-corrected chi connectivity index (χ3v) is 11.9. The molecular weight excluding hydrogens is 768 g/mol. The molecule has 6 heterocycles. The Balaban J connectivity index is 0.000000195. The van der Waals surface area contributed by atoms with Gasteiger partial charge in [-0.05, 0) is 76.3 Å². The monoisotopic (exact) mass is 822 g/mol. The quantitative estimate of drug-likeness (QED) is 0.164. The highest BCUT2D eigenvalue weighted by Gasteiger charge is 2.37. The average molecular weight is 823 g/mol. The number of aromatic nitrogens is 6. The SMILES string of the molecule is C.Cc1nc2cc(C3C(C)CCCN3C(=O)OCc3ccccc3)[nH]n2c(=O)c1C.Cc1nc2cc(C3C(C)CCCN3C(=O)OCc3ccccc3)nn2c(Cl)c1C. The van der Waals surface area contributed by atoms with E-state index >= 15 is 0 Å². The van der Waals surface area contributed by atoms with Gasteiger partial charge in [-0.2, -0.15) is 5.10 Å². The van der Waals surface area contributed by atoms with E-state index in [1.807, 2.05) is 93.6 Å². The van der Waals surface area contributed by atoms with Crippen molar-refractivity contribution in [3.05, 3.63) is 133 Å². The van der Waals surface area contributed by atoms with Gasteiger partial charge in [-0.1, -0.05) is 93.5 Å². The normalized spacial score (nSPS) is 19.2. The number of nitrogens with zero attached hydrogens (tertiary/aromatic N) is 7. The predicted octanol–water partition coefficient (Wildman–Crippen LogP) is 9.49. The Bertz CT molecular complexity index is 2470. The molecule has 312 valence electrons. The topological polar surface area (TPSA) is 139 Å². The standard InChI is InChI=1S/C22H25ClN4O2.C22H26N4O3.CH4/c1-14-8-7-11-26(22(28)29-13-17-9-5-4-6-10-17)20(14)18-12-19-24-16(3)15(2)21(23)27(19)25-18;1-14-8-7-11-25(22(28)29-13-17-9-5-4-6-10-17)20(14)18-12-19-23-16(3)15(2)21(27)26(19)24-18;/h4-6,9-10,12,14,20H,7-8,11,13H2,1-3H3;4-6,9-10,12,14,20,24H,7-8,11,13H2,1-3H3;1H4. The maximum absolute atomic E-state index is 12.9. The Morgan fingerprint density at radius 3 is 1.83 bits per heavy atom. The second-order valence-corrected chi connectivity index (χ2v) is 15.9. The number of carbonyl (C=O) groups is 2. The molecule has 8 rings (SSSR count). The smallest absolute Gasteiger partial charge is 0.410 e. The molecule has 2 saturated heterocycles. The lowest BCUT2D eigenvalue weighted by Gasteiger charge is -2.38. The first-order valence-electron chi connectivity index (χ1n) is 20.0. The summed E-state index contributed by atoms with van der Waals surface area (Å²) >= 11 is 6.49. The number of carbonyl (C=O) groups excluding carboxylic acids is 2. The van der Waals surface area contributed by atoms with Gasteiger partial charge in [0.1, 0.15) is 18.4 Å². The third-order valence-electron chi connectivity index (χ3n) is 11.5. The number of likely N-dealkylation sites (tertiary alicyclic amines) is 2. The van der Waals surface area contributed by atoms with Crippen LogP contribution in [-0.4, -0.2) is 64.3 Å². The third kappa shape index (κ3) is 9.15. The van der Waals surface area contributed by atoms with Gasteiger partial charge in [-0.15, -0.1) is 0 Å². The maximum atomic E-state index is 12.9. The van der Waals surface area contributed by atoms with Crippen LogP contribution in [0.1, 0.15) is 104 Å². The zero-order valence-electron chi connectivity index (χ0n) is 33.9. The number of piperidine rings is 2. The highest BCUT2D eigenvalue weighted by atomic mass is 35.5. The molecule has 2 aliphatic rings. The summed E-state index contributed by atoms with van der Waals surface area (Å²) in [4.78, 5) is 51.1. The molecular formula is C45H55ClN8O5. The lowest BCUT2D eigenvalue weighted by Crippen LogP contribution is -2.42. The van der Waals surface area contributed by atoms with Crippen LogP contribution in [-0.2, 0) is 22.7 Å². The van der Waals surface area contributed by atoms with Crippen LogP contribution in [0.4, 0.5) is 9.59 Å². The maximum Gasteiger partial charge on any atom is 0.410 e. The molecule has 0 spiro atoms. The molecule has 0 aliphatic carbocycles. The number of halogens is 1. The zero-order valence-corrected chi connectivity index (χ0v) is 34.7. The second kappa shape index (κ2) is 18.5. The minimum Gasteiger partial charge on any atom is -0.445 e. The number of hydrogen-bond donors (Lipinski definition) is 1. The van der Waals surface area contributed by atoms with Crippen molar-refractivity contribution >= 4 is 35.1 Å². The summed E-state index contributed by atoms with van der Waals surface area (Å²) < 4.78 is 14.3. The van der Waals surface area contributed by atoms with Gasteiger partial charge in [0.05, 0.1) is 23.5 Å². The van der Waals surface area contributed by atoms with Crippen LogP contribution in [0.15, 0.2) is 77.6 Å². The van der Waals surface area contributed by atoms with Crippen molar-refractivity contribution < 1.29 is 19.1 Å². The number of hydrogen-bond acceptors (Lipinski definition) is 8. The summed E-state index contributed by atoms with van der Waals surface area (Å²) in [6.07, 6.45) is 3.26. The molecule has 2 fully saturated rings. The van der Waals surface area contributed by atoms with Crippen molar-refractivity contribution in [2.24, 2.45) is 11.8 Å². The number of H-pyrrole nitrogens is 1. The van der Waals surface area contributed by atoms with Crippen LogP contribution in [0.2, 0.25) is 5.15 Å². The van der Waals surface area contributed by atoms with E-state index in [0.29, 0.717) is 35.1 Å². The fraction of sp³-hybridized carbons (Fsp3) is 0.422. The first kappa shape index (κ1) is 42.9. The molecule has 2 amide bonds. The molecule has 14 heteroatoms. The van der Waals surface area contributed by atoms with E-state index in [9.17, 15) is 14.4 Å². The van der Waals surface area contributed by atoms with Gasteiger partial charge in [0.2, 0.25) is 0 Å². The number of amides is 2. The Labute approximate surface area is 350 Å². The predicted molar refractivity (Wildman–Crippen MR) is 228 cm³/mol. The molecule has 13 nitrogen and oxygen atoms in total. The number of ether oxygens (including phenoxy) is 2. The minimum atomic E-state index is -0.336. The number of aromatic amines is 1. The van der Waals surface area contributed by atoms with Crippen molar-refractivity contribution in [1.29, 1.82) is 0 Å². The fourth-order valence-electron chi connectivity index (χ4n) is 8.03. The summed E-state index contributed by atoms with van der Waals surface area (Å²) in [6, 6.07) is 22.8. The number of nitrogens with one attached hydrogen (secondary N) is 1. The largest absolute Gasteiger partial charge is 0.445 e. The van der Waals surface area contributed by atoms with Crippen LogP contribution >= 0.6 is 11.6 Å². The van der Waals surface area contributed by atoms with Crippen LogP contribution in [0.25, 0.3) is 11.3 Å². The van der Waals surface area contributed by atoms with Crippen molar-refractivity contribution in [3.8, 4) is 0 Å². The molecule has 59 heavy (non-hydrogen) atoms. The van der Waals surface area contributed by atoms with Gasteiger partial charge < -0.3 is 9.47 Å². The van der Waals surface area contributed by atoms with Crippen molar-refractivity contribution in [2.75, 3.05) is 13.1 Å². The summed E-state index contributed by atoms with van der Waals surface area (Å²) in [5.74, 6) is 0.498. The Morgan fingerprint density at radius 1 is 0.746 bits per heavy atom. The molecule has 2 aromatic carbocycles. The summed E-state index contributed by atoms with van der Waals surface area (Å²) in [5, 5.41) is 8.45. The van der Waals surface area contributed by atoms with Crippen molar-refractivity contribution in [3.63, 3.8) is 0 Å². The summed E-state index contributed by atoms with van der Waals surface area (Å²) in [5.41, 5.74) is 7.81. The van der Waals surface area contributed by atoms with E-state index in [1.54, 1.807) is 21.2 Å². The highest BCUT2D eigenvalue weighted by molar-refractivity contribution is 6.30. The van der Waals surface area contributed by atoms with Crippen LogP contribution in [0.3, 0.4) is 0 Å². The van der Waals surface area contributed by atoms with E-state index in [-0.39, 0.29) is 62.3 Å². The summed E-state index contributed by atoms with van der Waals surface area (Å²) in [7, 11) is 0. The highest BCUT2D eigenvalue weighted by Crippen LogP contribution is 2.38. The fourth-order valence-corrected chi connectivity index (χ4v) is 8.29. The molecule has 2 aliphatic heterocycles. The lowest BCUT2D eigenvalue weighted by molar-refractivity contribution is 0.0497. The van der Waals surface area contributed by atoms with Crippen LogP contribution < -0.4 is 5.56 Å². The second-order valence-electron chi connectivity index (χ2n) is 15.6. The van der Waals surface area contributed by atoms with Gasteiger partial charge in [0, 0.05) is 47.7 Å². The first-order valence-corrected chi connectivity index (χ1v) is 20.3. The number of aryl methyl sites for hydroxylation is 2. The first-order chi connectivity index (χ1) is 27.9.